The van der Waals surface area contributed by atoms with Gasteiger partial charge >= 0.3 is 0 Å². The molecule has 0 aliphatic carbocycles. The maximum atomic E-state index is 13.4. The number of benzene rings is 2. The smallest absolute Gasteiger partial charge is 0.254 e. The van der Waals surface area contributed by atoms with Crippen molar-refractivity contribution < 1.29 is 4.79 Å². The minimum Gasteiger partial charge on any atom is -0.374 e. The van der Waals surface area contributed by atoms with Crippen LogP contribution in [0.1, 0.15) is 63.6 Å². The fraction of sp³-hybridized carbons (Fsp3) is 0.357. The van der Waals surface area contributed by atoms with Crippen LogP contribution in [-0.2, 0) is 12.8 Å². The van der Waals surface area contributed by atoms with Crippen LogP contribution in [0.5, 0.6) is 0 Å². The zero-order valence-corrected chi connectivity index (χ0v) is 19.1. The van der Waals surface area contributed by atoms with Crippen molar-refractivity contribution in [1.82, 2.24) is 9.88 Å². The second-order valence-corrected chi connectivity index (χ2v) is 9.28. The summed E-state index contributed by atoms with van der Waals surface area (Å²) in [6.45, 7) is 3.99. The van der Waals surface area contributed by atoms with Gasteiger partial charge in [0, 0.05) is 37.6 Å². The molecule has 3 aromatic rings. The van der Waals surface area contributed by atoms with Crippen molar-refractivity contribution in [3.63, 3.8) is 0 Å². The van der Waals surface area contributed by atoms with Crippen LogP contribution >= 0.6 is 0 Å². The molecule has 0 bridgehead atoms. The molecule has 5 rings (SSSR count). The maximum absolute atomic E-state index is 13.4. The highest BCUT2D eigenvalue weighted by molar-refractivity contribution is 5.95. The van der Waals surface area contributed by atoms with E-state index in [9.17, 15) is 4.79 Å². The van der Waals surface area contributed by atoms with Crippen LogP contribution in [0, 0.1) is 6.92 Å². The number of hydrogen-bond donors (Lipinski definition) is 0. The van der Waals surface area contributed by atoms with Gasteiger partial charge in [0.2, 0.25) is 0 Å². The van der Waals surface area contributed by atoms with Gasteiger partial charge in [-0.3, -0.25) is 9.78 Å². The maximum Gasteiger partial charge on any atom is 0.254 e. The molecular formula is C28H31N3O. The fourth-order valence-corrected chi connectivity index (χ4v) is 5.08. The Kier molecular flexibility index (Phi) is 5.69. The second-order valence-electron chi connectivity index (χ2n) is 9.28. The lowest BCUT2D eigenvalue weighted by Gasteiger charge is -2.29. The van der Waals surface area contributed by atoms with Crippen molar-refractivity contribution in [2.75, 3.05) is 25.0 Å². The Morgan fingerprint density at radius 2 is 1.81 bits per heavy atom. The highest BCUT2D eigenvalue weighted by atomic mass is 16.2. The molecule has 1 unspecified atom stereocenters. The van der Waals surface area contributed by atoms with E-state index in [-0.39, 0.29) is 11.9 Å². The number of carbonyl (C=O) groups excluding carboxylic acids is 1. The van der Waals surface area contributed by atoms with Crippen molar-refractivity contribution >= 4 is 11.6 Å². The van der Waals surface area contributed by atoms with Gasteiger partial charge in [0.05, 0.1) is 11.7 Å². The molecule has 0 spiro atoms. The van der Waals surface area contributed by atoms with E-state index in [1.807, 2.05) is 17.2 Å². The van der Waals surface area contributed by atoms with Gasteiger partial charge in [0.25, 0.3) is 5.91 Å². The molecule has 164 valence electrons. The lowest BCUT2D eigenvalue weighted by molar-refractivity contribution is 0.0733. The molecular weight excluding hydrogens is 394 g/mol. The van der Waals surface area contributed by atoms with E-state index in [0.29, 0.717) is 0 Å². The first-order valence-electron chi connectivity index (χ1n) is 11.7. The minimum absolute atomic E-state index is 0.0645. The van der Waals surface area contributed by atoms with Crippen LogP contribution in [0.2, 0.25) is 0 Å². The van der Waals surface area contributed by atoms with Crippen molar-refractivity contribution in [2.45, 2.75) is 45.1 Å². The van der Waals surface area contributed by atoms with E-state index in [2.05, 4.69) is 67.4 Å². The van der Waals surface area contributed by atoms with Gasteiger partial charge < -0.3 is 9.80 Å². The zero-order valence-electron chi connectivity index (χ0n) is 19.1. The quantitative estimate of drug-likeness (QED) is 0.566. The number of carbonyl (C=O) groups is 1. The van der Waals surface area contributed by atoms with Gasteiger partial charge in [-0.05, 0) is 80.0 Å². The van der Waals surface area contributed by atoms with Crippen LogP contribution in [0.3, 0.4) is 0 Å². The molecule has 32 heavy (non-hydrogen) atoms. The molecule has 3 heterocycles. The summed E-state index contributed by atoms with van der Waals surface area (Å²) in [5.41, 5.74) is 8.13. The molecule has 4 nitrogen and oxygen atoms in total. The summed E-state index contributed by atoms with van der Waals surface area (Å²) < 4.78 is 0. The Labute approximate surface area is 190 Å². The zero-order chi connectivity index (χ0) is 22.1. The largest absolute Gasteiger partial charge is 0.374 e. The van der Waals surface area contributed by atoms with E-state index in [0.717, 1.165) is 56.5 Å². The minimum atomic E-state index is 0.0645. The molecule has 1 amide bonds. The molecule has 0 radical (unpaired) electrons. The molecule has 1 aromatic heterocycles. The Hall–Kier alpha value is -3.14. The Balaban J connectivity index is 1.32. The average molecular weight is 426 g/mol. The molecule has 2 aliphatic heterocycles. The summed E-state index contributed by atoms with van der Waals surface area (Å²) in [5.74, 6) is 0.133. The molecule has 1 fully saturated rings. The molecule has 0 saturated carbocycles. The first-order valence-corrected chi connectivity index (χ1v) is 11.7. The topological polar surface area (TPSA) is 36.4 Å². The first-order chi connectivity index (χ1) is 15.6. The van der Waals surface area contributed by atoms with E-state index in [1.165, 1.54) is 27.9 Å². The lowest BCUT2D eigenvalue weighted by atomic mass is 9.99. The standard InChI is InChI=1S/C28H31N3O/c1-20-7-9-21(10-8-20)17-22-11-13-25(29-19-22)27-6-4-16-31(27)28(32)24-12-14-26-23(18-24)5-3-15-30(26)2/h7-14,18-19,27H,3-6,15-17H2,1-2H3. The third kappa shape index (κ3) is 4.14. The summed E-state index contributed by atoms with van der Waals surface area (Å²) in [6.07, 6.45) is 7.05. The summed E-state index contributed by atoms with van der Waals surface area (Å²) in [6, 6.07) is 19.2. The number of amides is 1. The number of likely N-dealkylation sites (tertiary alicyclic amines) is 1. The van der Waals surface area contributed by atoms with Crippen LogP contribution in [-0.4, -0.2) is 35.9 Å². The Morgan fingerprint density at radius 3 is 2.59 bits per heavy atom. The number of aromatic nitrogens is 1. The van der Waals surface area contributed by atoms with Crippen molar-refractivity contribution in [3.05, 3.63) is 94.3 Å². The number of rotatable bonds is 4. The summed E-state index contributed by atoms with van der Waals surface area (Å²) >= 11 is 0. The highest BCUT2D eigenvalue weighted by Gasteiger charge is 2.32. The van der Waals surface area contributed by atoms with E-state index >= 15 is 0 Å². The lowest BCUT2D eigenvalue weighted by Crippen LogP contribution is -2.31. The number of aryl methyl sites for hydroxylation is 2. The van der Waals surface area contributed by atoms with E-state index < -0.39 is 0 Å². The number of fused-ring (bicyclic) bond motifs is 1. The van der Waals surface area contributed by atoms with Gasteiger partial charge in [-0.25, -0.2) is 0 Å². The Morgan fingerprint density at radius 1 is 1.00 bits per heavy atom. The third-order valence-electron chi connectivity index (χ3n) is 6.91. The van der Waals surface area contributed by atoms with Crippen molar-refractivity contribution in [1.29, 1.82) is 0 Å². The highest BCUT2D eigenvalue weighted by Crippen LogP contribution is 2.34. The van der Waals surface area contributed by atoms with Crippen molar-refractivity contribution in [2.24, 2.45) is 0 Å². The van der Waals surface area contributed by atoms with Crippen LogP contribution < -0.4 is 4.90 Å². The van der Waals surface area contributed by atoms with Crippen molar-refractivity contribution in [3.8, 4) is 0 Å². The first kappa shape index (κ1) is 20.7. The van der Waals surface area contributed by atoms with Gasteiger partial charge in [-0.1, -0.05) is 35.9 Å². The van der Waals surface area contributed by atoms with E-state index in [4.69, 9.17) is 4.98 Å². The third-order valence-corrected chi connectivity index (χ3v) is 6.91. The second kappa shape index (κ2) is 8.78. The molecule has 1 atom stereocenters. The summed E-state index contributed by atoms with van der Waals surface area (Å²) in [7, 11) is 2.13. The molecule has 2 aromatic carbocycles. The molecule has 0 N–H and O–H groups in total. The molecule has 4 heteroatoms. The number of pyridine rings is 1. The predicted octanol–water partition coefficient (Wildman–Crippen LogP) is 5.34. The fourth-order valence-electron chi connectivity index (χ4n) is 5.08. The van der Waals surface area contributed by atoms with Gasteiger partial charge in [0.15, 0.2) is 0 Å². The number of hydrogen-bond acceptors (Lipinski definition) is 3. The van der Waals surface area contributed by atoms with Crippen LogP contribution in [0.25, 0.3) is 0 Å². The number of nitrogens with zero attached hydrogens (tertiary/aromatic N) is 3. The normalized spacial score (nSPS) is 18.0. The van der Waals surface area contributed by atoms with Gasteiger partial charge in [0.1, 0.15) is 0 Å². The van der Waals surface area contributed by atoms with Gasteiger partial charge in [-0.15, -0.1) is 0 Å². The van der Waals surface area contributed by atoms with Gasteiger partial charge in [-0.2, -0.15) is 0 Å². The Bertz CT molecular complexity index is 1100. The molecule has 2 aliphatic rings. The van der Waals surface area contributed by atoms with E-state index in [1.54, 1.807) is 0 Å². The summed E-state index contributed by atoms with van der Waals surface area (Å²) in [4.78, 5) is 22.5. The van der Waals surface area contributed by atoms with Crippen LogP contribution in [0.15, 0.2) is 60.8 Å². The monoisotopic (exact) mass is 425 g/mol. The number of anilines is 1. The SMILES string of the molecule is Cc1ccc(Cc2ccc(C3CCCN3C(=O)c3ccc4c(c3)CCCN4C)nc2)cc1. The van der Waals surface area contributed by atoms with Crippen LogP contribution in [0.4, 0.5) is 5.69 Å². The summed E-state index contributed by atoms with van der Waals surface area (Å²) in [5, 5.41) is 0. The predicted molar refractivity (Wildman–Crippen MR) is 129 cm³/mol. The molecule has 1 saturated heterocycles. The average Bonchev–Trinajstić information content (AvgIpc) is 3.30.